The Morgan fingerprint density at radius 3 is 2.39 bits per heavy atom. The molecule has 1 amide bonds. The molecule has 4 aromatic rings. The molecule has 0 saturated carbocycles. The Kier molecular flexibility index (Phi) is 9.06. The van der Waals surface area contributed by atoms with Crippen LogP contribution in [-0.4, -0.2) is 63.3 Å². The van der Waals surface area contributed by atoms with Crippen LogP contribution in [0, 0.1) is 0 Å². The van der Waals surface area contributed by atoms with Crippen molar-refractivity contribution in [3.8, 4) is 27.8 Å². The lowest BCUT2D eigenvalue weighted by molar-refractivity contribution is 0.102. The zero-order chi connectivity index (χ0) is 25.8. The highest BCUT2D eigenvalue weighted by atomic mass is 35.5. The van der Waals surface area contributed by atoms with Gasteiger partial charge in [-0.05, 0) is 35.9 Å². The van der Waals surface area contributed by atoms with E-state index >= 15 is 0 Å². The summed E-state index contributed by atoms with van der Waals surface area (Å²) in [6.45, 7) is 4.96. The van der Waals surface area contributed by atoms with Crippen LogP contribution in [-0.2, 0) is 6.54 Å². The summed E-state index contributed by atoms with van der Waals surface area (Å²) in [6.07, 6.45) is 0. The van der Waals surface area contributed by atoms with Crippen molar-refractivity contribution in [3.05, 3.63) is 65.7 Å². The summed E-state index contributed by atoms with van der Waals surface area (Å²) in [7, 11) is 4.58. The molecule has 1 aliphatic rings. The number of halogens is 1. The Bertz CT molecular complexity index is 1400. The highest BCUT2D eigenvalue weighted by Crippen LogP contribution is 2.39. The number of carbonyl (C=O) groups excluding carboxylic acids is 1. The fourth-order valence-electron chi connectivity index (χ4n) is 4.54. The summed E-state index contributed by atoms with van der Waals surface area (Å²) in [5.41, 5.74) is 4.20. The molecule has 8 nitrogen and oxygen atoms in total. The number of para-hydroxylation sites is 2. The average Bonchev–Trinajstić information content (AvgIpc) is 3.38. The third-order valence-corrected chi connectivity index (χ3v) is 7.49. The Morgan fingerprint density at radius 2 is 1.71 bits per heavy atom. The van der Waals surface area contributed by atoms with E-state index in [1.54, 1.807) is 23.5 Å². The number of amides is 1. The SMILES string of the molecule is COc1cc(C(=O)Nc2ccccc2-c2nc3c(CN4CCNCC4)cccc3s2)cc(OC)c1OC.Cl. The Balaban J connectivity index is 0.00000336. The fourth-order valence-corrected chi connectivity index (χ4v) is 5.60. The predicted molar refractivity (Wildman–Crippen MR) is 155 cm³/mol. The van der Waals surface area contributed by atoms with Gasteiger partial charge < -0.3 is 24.8 Å². The number of thiazole rings is 1. The first-order chi connectivity index (χ1) is 18.1. The number of hydrogen-bond acceptors (Lipinski definition) is 8. The van der Waals surface area contributed by atoms with Crippen LogP contribution in [0.25, 0.3) is 20.8 Å². The number of benzene rings is 3. The van der Waals surface area contributed by atoms with E-state index < -0.39 is 0 Å². The van der Waals surface area contributed by atoms with Gasteiger partial charge in [-0.2, -0.15) is 0 Å². The minimum atomic E-state index is -0.285. The topological polar surface area (TPSA) is 85.0 Å². The van der Waals surface area contributed by atoms with Gasteiger partial charge in [0, 0.05) is 43.9 Å². The molecule has 0 radical (unpaired) electrons. The van der Waals surface area contributed by atoms with Crippen molar-refractivity contribution < 1.29 is 19.0 Å². The van der Waals surface area contributed by atoms with E-state index in [2.05, 4.69) is 33.7 Å². The molecule has 1 aromatic heterocycles. The van der Waals surface area contributed by atoms with Gasteiger partial charge >= 0.3 is 0 Å². The van der Waals surface area contributed by atoms with E-state index in [1.165, 1.54) is 26.9 Å². The lowest BCUT2D eigenvalue weighted by Crippen LogP contribution is -2.42. The molecule has 0 atom stereocenters. The van der Waals surface area contributed by atoms with Crippen LogP contribution < -0.4 is 24.8 Å². The second kappa shape index (κ2) is 12.4. The Morgan fingerprint density at radius 1 is 1.00 bits per heavy atom. The number of hydrogen-bond donors (Lipinski definition) is 2. The zero-order valence-corrected chi connectivity index (χ0v) is 23.2. The van der Waals surface area contributed by atoms with Crippen molar-refractivity contribution in [2.75, 3.05) is 52.8 Å². The van der Waals surface area contributed by atoms with Crippen LogP contribution in [0.1, 0.15) is 15.9 Å². The molecule has 38 heavy (non-hydrogen) atoms. The lowest BCUT2D eigenvalue weighted by Gasteiger charge is -2.27. The summed E-state index contributed by atoms with van der Waals surface area (Å²) < 4.78 is 17.3. The first-order valence-corrected chi connectivity index (χ1v) is 12.9. The number of anilines is 1. The number of rotatable bonds is 8. The maximum atomic E-state index is 13.3. The molecule has 10 heteroatoms. The Hall–Kier alpha value is -3.37. The molecule has 3 aromatic carbocycles. The van der Waals surface area contributed by atoms with Crippen LogP contribution in [0.5, 0.6) is 17.2 Å². The highest BCUT2D eigenvalue weighted by molar-refractivity contribution is 7.21. The molecule has 1 aliphatic heterocycles. The quantitative estimate of drug-likeness (QED) is 0.314. The van der Waals surface area contributed by atoms with Gasteiger partial charge in [0.2, 0.25) is 5.75 Å². The minimum Gasteiger partial charge on any atom is -0.493 e. The summed E-state index contributed by atoms with van der Waals surface area (Å²) in [4.78, 5) is 20.8. The normalized spacial score (nSPS) is 13.6. The molecule has 1 fully saturated rings. The van der Waals surface area contributed by atoms with Gasteiger partial charge in [0.1, 0.15) is 5.01 Å². The molecule has 0 spiro atoms. The number of methoxy groups -OCH3 is 3. The van der Waals surface area contributed by atoms with Crippen molar-refractivity contribution >= 4 is 45.6 Å². The van der Waals surface area contributed by atoms with Crippen LogP contribution in [0.3, 0.4) is 0 Å². The van der Waals surface area contributed by atoms with Gasteiger partial charge in [-0.15, -0.1) is 23.7 Å². The molecule has 2 N–H and O–H groups in total. The number of nitrogens with one attached hydrogen (secondary N) is 2. The molecule has 200 valence electrons. The van der Waals surface area contributed by atoms with Crippen LogP contribution in [0.2, 0.25) is 0 Å². The molecule has 1 saturated heterocycles. The molecule has 0 bridgehead atoms. The number of nitrogens with zero attached hydrogens (tertiary/aromatic N) is 2. The molecular formula is C28H31ClN4O4S. The van der Waals surface area contributed by atoms with Gasteiger partial charge in [0.15, 0.2) is 11.5 Å². The van der Waals surface area contributed by atoms with E-state index in [0.717, 1.165) is 53.5 Å². The average molecular weight is 555 g/mol. The lowest BCUT2D eigenvalue weighted by atomic mass is 10.1. The summed E-state index contributed by atoms with van der Waals surface area (Å²) >= 11 is 1.63. The summed E-state index contributed by atoms with van der Waals surface area (Å²) in [5.74, 6) is 0.993. The molecule has 2 heterocycles. The van der Waals surface area contributed by atoms with Crippen LogP contribution in [0.4, 0.5) is 5.69 Å². The van der Waals surface area contributed by atoms with Crippen molar-refractivity contribution in [2.45, 2.75) is 6.54 Å². The first kappa shape index (κ1) is 27.7. The second-order valence-corrected chi connectivity index (χ2v) is 9.75. The molecule has 0 unspecified atom stereocenters. The maximum absolute atomic E-state index is 13.3. The largest absolute Gasteiger partial charge is 0.493 e. The Labute approximate surface area is 232 Å². The number of ether oxygens (including phenoxy) is 3. The van der Waals surface area contributed by atoms with Gasteiger partial charge in [-0.25, -0.2) is 4.98 Å². The van der Waals surface area contributed by atoms with Crippen molar-refractivity contribution in [3.63, 3.8) is 0 Å². The maximum Gasteiger partial charge on any atom is 0.255 e. The van der Waals surface area contributed by atoms with Crippen molar-refractivity contribution in [1.82, 2.24) is 15.2 Å². The van der Waals surface area contributed by atoms with Gasteiger partial charge in [-0.3, -0.25) is 9.69 Å². The summed E-state index contributed by atoms with van der Waals surface area (Å²) in [5, 5.41) is 7.32. The third-order valence-electron chi connectivity index (χ3n) is 6.44. The monoisotopic (exact) mass is 554 g/mol. The van der Waals surface area contributed by atoms with E-state index in [4.69, 9.17) is 19.2 Å². The van der Waals surface area contributed by atoms with Crippen molar-refractivity contribution in [2.24, 2.45) is 0 Å². The van der Waals surface area contributed by atoms with E-state index in [1.807, 2.05) is 24.3 Å². The zero-order valence-electron chi connectivity index (χ0n) is 21.6. The van der Waals surface area contributed by atoms with Crippen molar-refractivity contribution in [1.29, 1.82) is 0 Å². The minimum absolute atomic E-state index is 0. The van der Waals surface area contributed by atoms with Crippen LogP contribution >= 0.6 is 23.7 Å². The second-order valence-electron chi connectivity index (χ2n) is 8.72. The van der Waals surface area contributed by atoms with E-state index in [0.29, 0.717) is 28.5 Å². The van der Waals surface area contributed by atoms with E-state index in [-0.39, 0.29) is 18.3 Å². The number of piperazine rings is 1. The van der Waals surface area contributed by atoms with Crippen LogP contribution in [0.15, 0.2) is 54.6 Å². The molecular weight excluding hydrogens is 524 g/mol. The van der Waals surface area contributed by atoms with E-state index in [9.17, 15) is 4.79 Å². The number of aromatic nitrogens is 1. The highest BCUT2D eigenvalue weighted by Gasteiger charge is 2.20. The summed E-state index contributed by atoms with van der Waals surface area (Å²) in [6, 6.07) is 17.4. The third kappa shape index (κ3) is 5.71. The first-order valence-electron chi connectivity index (χ1n) is 12.1. The number of fused-ring (bicyclic) bond motifs is 1. The molecule has 5 rings (SSSR count). The predicted octanol–water partition coefficient (Wildman–Crippen LogP) is 5.07. The van der Waals surface area contributed by atoms with Gasteiger partial charge in [0.25, 0.3) is 5.91 Å². The standard InChI is InChI=1S/C28H30N4O4S.ClH/c1-34-22-15-19(16-23(35-2)26(22)36-3)27(33)30-21-9-5-4-8-20(21)28-31-25-18(7-6-10-24(25)37-28)17-32-13-11-29-12-14-32;/h4-10,15-16,29H,11-14,17H2,1-3H3,(H,30,33);1H. The smallest absolute Gasteiger partial charge is 0.255 e. The van der Waals surface area contributed by atoms with Gasteiger partial charge in [-0.1, -0.05) is 24.3 Å². The number of carbonyl (C=O) groups is 1. The fraction of sp³-hybridized carbons (Fsp3) is 0.286. The van der Waals surface area contributed by atoms with Gasteiger partial charge in [0.05, 0.1) is 37.2 Å². The molecule has 0 aliphatic carbocycles.